The summed E-state index contributed by atoms with van der Waals surface area (Å²) in [7, 11) is 0. The Kier molecular flexibility index (Phi) is 4.29. The second kappa shape index (κ2) is 5.39. The zero-order valence-corrected chi connectivity index (χ0v) is 13.6. The second-order valence-electron chi connectivity index (χ2n) is 3.66. The monoisotopic (exact) mass is 396 g/mol. The predicted molar refractivity (Wildman–Crippen MR) is 78.6 cm³/mol. The SMILES string of the molecule is Cc1ccc(F)c(C(Cl)c2cc(Br)c(Br)s2)c1. The van der Waals surface area contributed by atoms with Crippen LogP contribution in [0.15, 0.2) is 32.5 Å². The molecule has 5 heteroatoms. The van der Waals surface area contributed by atoms with Crippen molar-refractivity contribution in [2.24, 2.45) is 0 Å². The molecule has 1 aromatic heterocycles. The summed E-state index contributed by atoms with van der Waals surface area (Å²) in [6.07, 6.45) is 0. The molecule has 0 radical (unpaired) electrons. The van der Waals surface area contributed by atoms with Gasteiger partial charge in [-0.25, -0.2) is 4.39 Å². The van der Waals surface area contributed by atoms with Crippen LogP contribution in [0.5, 0.6) is 0 Å². The average molecular weight is 399 g/mol. The molecule has 0 bridgehead atoms. The van der Waals surface area contributed by atoms with Crippen molar-refractivity contribution < 1.29 is 4.39 Å². The fourth-order valence-corrected chi connectivity index (χ4v) is 3.95. The molecule has 1 unspecified atom stereocenters. The quantitative estimate of drug-likeness (QED) is 0.540. The van der Waals surface area contributed by atoms with Crippen molar-refractivity contribution in [1.82, 2.24) is 0 Å². The van der Waals surface area contributed by atoms with Crippen LogP contribution in [-0.4, -0.2) is 0 Å². The lowest BCUT2D eigenvalue weighted by molar-refractivity contribution is 0.612. The Morgan fingerprint density at radius 2 is 2.00 bits per heavy atom. The minimum absolute atomic E-state index is 0.267. The molecule has 0 aliphatic rings. The van der Waals surface area contributed by atoms with Gasteiger partial charge in [-0.2, -0.15) is 0 Å². The maximum absolute atomic E-state index is 13.7. The maximum atomic E-state index is 13.7. The third-order valence-corrected chi connectivity index (χ3v) is 6.26. The third-order valence-electron chi connectivity index (χ3n) is 2.34. The van der Waals surface area contributed by atoms with Crippen molar-refractivity contribution in [3.63, 3.8) is 0 Å². The van der Waals surface area contributed by atoms with Crippen LogP contribution >= 0.6 is 54.8 Å². The molecule has 1 aromatic carbocycles. The van der Waals surface area contributed by atoms with Crippen LogP contribution in [-0.2, 0) is 0 Å². The zero-order valence-electron chi connectivity index (χ0n) is 8.81. The van der Waals surface area contributed by atoms with E-state index in [0.717, 1.165) is 18.7 Å². The molecule has 0 nitrogen and oxygen atoms in total. The molecule has 0 spiro atoms. The third kappa shape index (κ3) is 2.92. The summed E-state index contributed by atoms with van der Waals surface area (Å²) in [5.74, 6) is -0.267. The summed E-state index contributed by atoms with van der Waals surface area (Å²) >= 11 is 14.6. The van der Waals surface area contributed by atoms with E-state index in [2.05, 4.69) is 31.9 Å². The molecule has 17 heavy (non-hydrogen) atoms. The van der Waals surface area contributed by atoms with E-state index >= 15 is 0 Å². The van der Waals surface area contributed by atoms with Crippen molar-refractivity contribution in [3.05, 3.63) is 54.3 Å². The van der Waals surface area contributed by atoms with Crippen molar-refractivity contribution in [3.8, 4) is 0 Å². The van der Waals surface area contributed by atoms with Gasteiger partial charge in [-0.15, -0.1) is 22.9 Å². The number of halogens is 4. The number of hydrogen-bond donors (Lipinski definition) is 0. The van der Waals surface area contributed by atoms with Gasteiger partial charge in [0.25, 0.3) is 0 Å². The summed E-state index contributed by atoms with van der Waals surface area (Å²) < 4.78 is 15.6. The second-order valence-corrected chi connectivity index (χ2v) is 7.35. The molecule has 0 N–H and O–H groups in total. The summed E-state index contributed by atoms with van der Waals surface area (Å²) in [5.41, 5.74) is 1.52. The van der Waals surface area contributed by atoms with Crippen LogP contribution in [0, 0.1) is 12.7 Å². The summed E-state index contributed by atoms with van der Waals surface area (Å²) in [5, 5.41) is -0.456. The first-order chi connectivity index (χ1) is 7.99. The highest BCUT2D eigenvalue weighted by Crippen LogP contribution is 2.41. The van der Waals surface area contributed by atoms with Gasteiger partial charge in [0.1, 0.15) is 5.82 Å². The van der Waals surface area contributed by atoms with E-state index in [0.29, 0.717) is 5.56 Å². The van der Waals surface area contributed by atoms with Crippen LogP contribution in [0.2, 0.25) is 0 Å². The molecule has 2 rings (SSSR count). The zero-order chi connectivity index (χ0) is 12.6. The molecule has 90 valence electrons. The van der Waals surface area contributed by atoms with E-state index in [1.165, 1.54) is 17.4 Å². The molecule has 1 atom stereocenters. The predicted octanol–water partition coefficient (Wildman–Crippen LogP) is 6.05. The molecule has 0 amide bonds. The topological polar surface area (TPSA) is 0 Å². The van der Waals surface area contributed by atoms with Crippen LogP contribution in [0.3, 0.4) is 0 Å². The first-order valence-corrected chi connectivity index (χ1v) is 7.68. The lowest BCUT2D eigenvalue weighted by Gasteiger charge is -2.09. The largest absolute Gasteiger partial charge is 0.207 e. The smallest absolute Gasteiger partial charge is 0.128 e. The van der Waals surface area contributed by atoms with Gasteiger partial charge in [0.2, 0.25) is 0 Å². The molecular formula is C12H8Br2ClFS. The van der Waals surface area contributed by atoms with Gasteiger partial charge in [-0.3, -0.25) is 0 Å². The lowest BCUT2D eigenvalue weighted by Crippen LogP contribution is -1.95. The highest BCUT2D eigenvalue weighted by Gasteiger charge is 2.18. The van der Waals surface area contributed by atoms with E-state index in [1.807, 2.05) is 13.0 Å². The lowest BCUT2D eigenvalue weighted by atomic mass is 10.1. The minimum Gasteiger partial charge on any atom is -0.207 e. The average Bonchev–Trinajstić information content (AvgIpc) is 2.62. The van der Waals surface area contributed by atoms with E-state index in [9.17, 15) is 4.39 Å². The van der Waals surface area contributed by atoms with Crippen molar-refractivity contribution in [2.75, 3.05) is 0 Å². The number of thiophene rings is 1. The Hall–Kier alpha value is 0.1000. The number of benzene rings is 1. The molecule has 0 saturated carbocycles. The van der Waals surface area contributed by atoms with Gasteiger partial charge in [-0.05, 0) is 50.9 Å². The van der Waals surface area contributed by atoms with Gasteiger partial charge in [0.05, 0.1) is 9.16 Å². The van der Waals surface area contributed by atoms with Crippen molar-refractivity contribution in [2.45, 2.75) is 12.3 Å². The number of rotatable bonds is 2. The van der Waals surface area contributed by atoms with Crippen LogP contribution in [0.25, 0.3) is 0 Å². The Labute approximate surface area is 125 Å². The van der Waals surface area contributed by atoms with Gasteiger partial charge in [0, 0.05) is 14.9 Å². The summed E-state index contributed by atoms with van der Waals surface area (Å²) in [6.45, 7) is 1.92. The maximum Gasteiger partial charge on any atom is 0.128 e. The highest BCUT2D eigenvalue weighted by molar-refractivity contribution is 9.13. The van der Waals surface area contributed by atoms with Gasteiger partial charge in [-0.1, -0.05) is 17.7 Å². The van der Waals surface area contributed by atoms with Crippen molar-refractivity contribution >= 4 is 54.8 Å². The van der Waals surface area contributed by atoms with Crippen LogP contribution in [0.4, 0.5) is 4.39 Å². The van der Waals surface area contributed by atoms with Gasteiger partial charge < -0.3 is 0 Å². The first kappa shape index (κ1) is 13.5. The van der Waals surface area contributed by atoms with Crippen LogP contribution in [0.1, 0.15) is 21.4 Å². The van der Waals surface area contributed by atoms with Crippen molar-refractivity contribution in [1.29, 1.82) is 0 Å². The Bertz CT molecular complexity index is 534. The number of alkyl halides is 1. The molecule has 0 fully saturated rings. The number of aryl methyl sites for hydroxylation is 1. The van der Waals surface area contributed by atoms with E-state index in [-0.39, 0.29) is 5.82 Å². The molecule has 0 aliphatic carbocycles. The van der Waals surface area contributed by atoms with E-state index < -0.39 is 5.38 Å². The standard InChI is InChI=1S/C12H8Br2ClFS/c1-6-2-3-9(16)7(4-6)11(15)10-5-8(13)12(14)17-10/h2-5,11H,1H3. The highest BCUT2D eigenvalue weighted by atomic mass is 79.9. The van der Waals surface area contributed by atoms with Gasteiger partial charge in [0.15, 0.2) is 0 Å². The van der Waals surface area contributed by atoms with E-state index in [4.69, 9.17) is 11.6 Å². The molecule has 1 heterocycles. The van der Waals surface area contributed by atoms with Crippen LogP contribution < -0.4 is 0 Å². The van der Waals surface area contributed by atoms with E-state index in [1.54, 1.807) is 12.1 Å². The van der Waals surface area contributed by atoms with Gasteiger partial charge >= 0.3 is 0 Å². The minimum atomic E-state index is -0.456. The number of hydrogen-bond acceptors (Lipinski definition) is 1. The summed E-state index contributed by atoms with van der Waals surface area (Å²) in [6, 6.07) is 6.89. The molecule has 2 aromatic rings. The first-order valence-electron chi connectivity index (χ1n) is 4.84. The summed E-state index contributed by atoms with van der Waals surface area (Å²) in [4.78, 5) is 0.912. The normalized spacial score (nSPS) is 12.8. The Morgan fingerprint density at radius 3 is 2.59 bits per heavy atom. The Balaban J connectivity index is 2.42. The fourth-order valence-electron chi connectivity index (χ4n) is 1.50. The molecule has 0 aliphatic heterocycles. The molecule has 0 saturated heterocycles. The molecular weight excluding hydrogens is 390 g/mol. The fraction of sp³-hybridized carbons (Fsp3) is 0.167. The Morgan fingerprint density at radius 1 is 1.29 bits per heavy atom.